The first-order chi connectivity index (χ1) is 13.6. The van der Waals surface area contributed by atoms with E-state index >= 15 is 0 Å². The van der Waals surface area contributed by atoms with Crippen molar-refractivity contribution in [1.29, 1.82) is 0 Å². The number of nitrogens with zero attached hydrogens (tertiary/aromatic N) is 2. The molecule has 0 saturated heterocycles. The van der Waals surface area contributed by atoms with Crippen LogP contribution in [-0.4, -0.2) is 87.2 Å². The summed E-state index contributed by atoms with van der Waals surface area (Å²) in [6, 6.07) is 0. The molecule has 0 aliphatic carbocycles. The number of halogens is 3. The minimum Gasteiger partial charge on any atom is -0.722 e. The van der Waals surface area contributed by atoms with Gasteiger partial charge < -0.3 is 4.55 Å². The molecule has 31 heavy (non-hydrogen) atoms. The van der Waals surface area contributed by atoms with Crippen molar-refractivity contribution >= 4 is 39.7 Å². The predicted molar refractivity (Wildman–Crippen MR) is 113 cm³/mol. The SMILES string of the molecule is CCCC[N+](CC)(CC)P(C)N(CC)CC.O=S(=O)(O)F.O=S(=O)(O)F.O=S(=O)([O-])F. The first-order valence-electron chi connectivity index (χ1n) is 8.96. The van der Waals surface area contributed by atoms with Crippen LogP contribution in [0.15, 0.2) is 0 Å². The van der Waals surface area contributed by atoms with Crippen LogP contribution < -0.4 is 0 Å². The van der Waals surface area contributed by atoms with E-state index in [0.29, 0.717) is 0 Å². The summed E-state index contributed by atoms with van der Waals surface area (Å²) in [6.07, 6.45) is 2.69. The first-order valence-corrected chi connectivity index (χ1v) is 14.6. The second-order valence-corrected chi connectivity index (χ2v) is 10.5. The van der Waals surface area contributed by atoms with E-state index in [9.17, 15) is 11.7 Å². The fourth-order valence-electron chi connectivity index (χ4n) is 2.45. The summed E-state index contributed by atoms with van der Waals surface area (Å²) in [5.74, 6) is 0. The number of rotatable bonds is 9. The van der Waals surface area contributed by atoms with E-state index in [1.165, 1.54) is 49.8 Å². The second-order valence-electron chi connectivity index (χ2n) is 5.65. The van der Waals surface area contributed by atoms with Gasteiger partial charge in [-0.1, -0.05) is 35.0 Å². The van der Waals surface area contributed by atoms with Gasteiger partial charge in [-0.05, 0) is 20.3 Å². The van der Waals surface area contributed by atoms with Crippen molar-refractivity contribution in [2.45, 2.75) is 47.5 Å². The van der Waals surface area contributed by atoms with E-state index < -0.39 is 31.5 Å². The third-order valence-electron chi connectivity index (χ3n) is 3.86. The third kappa shape index (κ3) is 37.5. The summed E-state index contributed by atoms with van der Waals surface area (Å²) < 4.78 is 107. The van der Waals surface area contributed by atoms with E-state index in [1.54, 1.807) is 0 Å². The molecular formula is C13H34F3N2O9PS3. The van der Waals surface area contributed by atoms with E-state index in [1.807, 2.05) is 0 Å². The Kier molecular flexibility index (Phi) is 22.5. The van der Waals surface area contributed by atoms with Crippen LogP contribution in [0.25, 0.3) is 0 Å². The maximum absolute atomic E-state index is 10.2. The molecule has 2 N–H and O–H groups in total. The van der Waals surface area contributed by atoms with Gasteiger partial charge in [-0.25, -0.2) is 13.1 Å². The summed E-state index contributed by atoms with van der Waals surface area (Å²) in [5, 5.41) is 0. The highest BCUT2D eigenvalue weighted by Gasteiger charge is 2.34. The molecule has 0 aliphatic heterocycles. The lowest BCUT2D eigenvalue weighted by molar-refractivity contribution is -0.807. The molecule has 194 valence electrons. The molecule has 0 aromatic carbocycles. The maximum Gasteiger partial charge on any atom is 0.435 e. The van der Waals surface area contributed by atoms with Gasteiger partial charge >= 0.3 is 21.0 Å². The molecule has 0 heterocycles. The first kappa shape index (κ1) is 38.1. The molecule has 11 nitrogen and oxygen atoms in total. The lowest BCUT2D eigenvalue weighted by Crippen LogP contribution is -2.47. The predicted octanol–water partition coefficient (Wildman–Crippen LogP) is 2.86. The fraction of sp³-hybridized carbons (Fsp3) is 1.00. The van der Waals surface area contributed by atoms with Crippen LogP contribution in [0.4, 0.5) is 11.7 Å². The van der Waals surface area contributed by atoms with Crippen LogP contribution in [0, 0.1) is 0 Å². The molecule has 1 unspecified atom stereocenters. The maximum atomic E-state index is 10.2. The number of quaternary nitrogens is 1. The number of hydrogen-bond donors (Lipinski definition) is 2. The molecule has 18 heteroatoms. The van der Waals surface area contributed by atoms with Crippen LogP contribution in [0.1, 0.15) is 47.5 Å². The van der Waals surface area contributed by atoms with Crippen LogP contribution in [0.5, 0.6) is 0 Å². The molecular weight excluding hydrogens is 512 g/mol. The van der Waals surface area contributed by atoms with Gasteiger partial charge in [0.15, 0.2) is 8.22 Å². The van der Waals surface area contributed by atoms with Gasteiger partial charge in [0, 0.05) is 19.8 Å². The van der Waals surface area contributed by atoms with Gasteiger partial charge in [0.05, 0.1) is 19.6 Å². The average Bonchev–Trinajstić information content (AvgIpc) is 2.53. The lowest BCUT2D eigenvalue weighted by atomic mass is 10.3. The summed E-state index contributed by atoms with van der Waals surface area (Å²) in [6.45, 7) is 20.4. The molecule has 0 amide bonds. The minimum atomic E-state index is -5.42. The van der Waals surface area contributed by atoms with Gasteiger partial charge in [-0.3, -0.25) is 13.4 Å². The molecule has 0 fully saturated rings. The molecule has 0 rings (SSSR count). The highest BCUT2D eigenvalue weighted by Crippen LogP contribution is 2.47. The smallest absolute Gasteiger partial charge is 0.435 e. The van der Waals surface area contributed by atoms with Gasteiger partial charge in [0.1, 0.15) is 0 Å². The molecule has 0 bridgehead atoms. The Balaban J connectivity index is -0.000000197. The highest BCUT2D eigenvalue weighted by atomic mass is 32.3. The Bertz CT molecular complexity index is 650. The molecule has 0 radical (unpaired) electrons. The van der Waals surface area contributed by atoms with Crippen molar-refractivity contribution in [2.24, 2.45) is 0 Å². The monoisotopic (exact) mass is 546 g/mol. The molecule has 0 spiro atoms. The molecule has 0 aromatic heterocycles. The van der Waals surface area contributed by atoms with Crippen LogP contribution in [-0.2, 0) is 31.5 Å². The highest BCUT2D eigenvalue weighted by molar-refractivity contribution is 7.80. The Morgan fingerprint density at radius 2 is 1.10 bits per heavy atom. The number of hydrogen-bond acceptors (Lipinski definition) is 8. The van der Waals surface area contributed by atoms with Crippen molar-refractivity contribution < 1.29 is 54.8 Å². The quantitative estimate of drug-likeness (QED) is 0.249. The average molecular weight is 547 g/mol. The van der Waals surface area contributed by atoms with E-state index in [-0.39, 0.29) is 8.22 Å². The normalized spacial score (nSPS) is 13.1. The van der Waals surface area contributed by atoms with Crippen molar-refractivity contribution in [3.8, 4) is 0 Å². The van der Waals surface area contributed by atoms with Crippen molar-refractivity contribution in [1.82, 2.24) is 4.67 Å². The third-order valence-corrected chi connectivity index (χ3v) is 7.24. The van der Waals surface area contributed by atoms with Crippen molar-refractivity contribution in [3.63, 3.8) is 0 Å². The van der Waals surface area contributed by atoms with Gasteiger partial charge in [-0.15, -0.1) is 3.89 Å². The summed E-state index contributed by atoms with van der Waals surface area (Å²) in [4.78, 5) is 0. The van der Waals surface area contributed by atoms with Crippen LogP contribution >= 0.6 is 8.22 Å². The summed E-state index contributed by atoms with van der Waals surface area (Å²) in [7, 11) is -15.8. The minimum absolute atomic E-state index is 0.0329. The molecule has 0 aromatic rings. The van der Waals surface area contributed by atoms with Crippen LogP contribution in [0.3, 0.4) is 0 Å². The van der Waals surface area contributed by atoms with Crippen molar-refractivity contribution in [2.75, 3.05) is 39.4 Å². The zero-order valence-corrected chi connectivity index (χ0v) is 21.7. The summed E-state index contributed by atoms with van der Waals surface area (Å²) in [5.41, 5.74) is 0. The van der Waals surface area contributed by atoms with Crippen LogP contribution in [0.2, 0.25) is 0 Å². The Morgan fingerprint density at radius 1 is 0.839 bits per heavy atom. The van der Waals surface area contributed by atoms with E-state index in [4.69, 9.17) is 38.9 Å². The van der Waals surface area contributed by atoms with Gasteiger partial charge in [0.25, 0.3) is 10.5 Å². The standard InChI is InChI=1S/C13H32N2P.3FHO3S/c1-7-12-13-15(10-4,11-5)16(6)14(8-2)9-3;3*1-5(2,3)4/h7-13H2,1-6H3;3*(H,2,3,4)/q+1;;;/p-1. The number of unbranched alkanes of at least 4 members (excludes halogenated alkanes) is 1. The van der Waals surface area contributed by atoms with Gasteiger partial charge in [-0.2, -0.15) is 16.8 Å². The molecule has 1 atom stereocenters. The molecule has 0 saturated carbocycles. The topological polar surface area (TPSA) is 169 Å². The largest absolute Gasteiger partial charge is 0.722 e. The zero-order valence-electron chi connectivity index (χ0n) is 18.4. The zero-order chi connectivity index (χ0) is 26.1. The Morgan fingerprint density at radius 3 is 1.26 bits per heavy atom. The molecule has 0 aliphatic rings. The van der Waals surface area contributed by atoms with E-state index in [0.717, 1.165) is 0 Å². The fourth-order valence-corrected chi connectivity index (χ4v) is 5.05. The Hall–Kier alpha value is -0.130. The summed E-state index contributed by atoms with van der Waals surface area (Å²) >= 11 is 0. The Labute approximate surface area is 186 Å². The lowest BCUT2D eigenvalue weighted by Gasteiger charge is -2.45. The van der Waals surface area contributed by atoms with Crippen molar-refractivity contribution in [3.05, 3.63) is 0 Å². The van der Waals surface area contributed by atoms with Gasteiger partial charge in [0.2, 0.25) is 0 Å². The van der Waals surface area contributed by atoms with E-state index in [2.05, 4.69) is 46.0 Å². The second kappa shape index (κ2) is 18.3.